The molecule has 0 fully saturated rings. The number of amides is 2. The van der Waals surface area contributed by atoms with Gasteiger partial charge in [0.1, 0.15) is 0 Å². The van der Waals surface area contributed by atoms with Crippen molar-refractivity contribution in [3.63, 3.8) is 0 Å². The summed E-state index contributed by atoms with van der Waals surface area (Å²) >= 11 is 12.1. The number of carbonyl (C=O) groups is 2. The van der Waals surface area contributed by atoms with Crippen molar-refractivity contribution < 1.29 is 9.59 Å². The van der Waals surface area contributed by atoms with Crippen LogP contribution in [-0.4, -0.2) is 43.4 Å². The maximum atomic E-state index is 11.9. The smallest absolute Gasteiger partial charge is 0.234 e. The van der Waals surface area contributed by atoms with E-state index in [1.54, 1.807) is 12.1 Å². The van der Waals surface area contributed by atoms with Crippen molar-refractivity contribution in [1.29, 1.82) is 0 Å². The number of nitrogens with one attached hydrogen (secondary N) is 2. The molecule has 0 aliphatic rings. The molecule has 0 heterocycles. The van der Waals surface area contributed by atoms with Gasteiger partial charge in [0.2, 0.25) is 11.8 Å². The van der Waals surface area contributed by atoms with Gasteiger partial charge in [-0.2, -0.15) is 0 Å². The van der Waals surface area contributed by atoms with E-state index in [1.807, 2.05) is 24.9 Å². The number of likely N-dealkylation sites (N-methyl/N-ethyl adjacent to an activating group) is 1. The molecule has 5 nitrogen and oxygen atoms in total. The Labute approximate surface area is 141 Å². The lowest BCUT2D eigenvalue weighted by molar-refractivity contribution is -0.123. The minimum atomic E-state index is -0.114. The van der Waals surface area contributed by atoms with Crippen molar-refractivity contribution >= 4 is 35.0 Å². The molecule has 0 aliphatic heterocycles. The molecule has 0 aliphatic carbocycles. The highest BCUT2D eigenvalue weighted by Crippen LogP contribution is 2.28. The van der Waals surface area contributed by atoms with Crippen LogP contribution >= 0.6 is 23.2 Å². The molecule has 1 atom stereocenters. The number of carbonyl (C=O) groups excluding carboxylic acids is 2. The second-order valence-electron chi connectivity index (χ2n) is 5.09. The SMILES string of the molecule is CC(=O)NCCNC(=O)CN(C)[C@@H](C)c1ccc(Cl)cc1Cl. The second-order valence-corrected chi connectivity index (χ2v) is 5.93. The van der Waals surface area contributed by atoms with E-state index in [-0.39, 0.29) is 24.4 Å². The van der Waals surface area contributed by atoms with E-state index in [0.29, 0.717) is 23.1 Å². The molecule has 0 radical (unpaired) electrons. The van der Waals surface area contributed by atoms with Crippen LogP contribution in [0.1, 0.15) is 25.5 Å². The van der Waals surface area contributed by atoms with Gasteiger partial charge < -0.3 is 10.6 Å². The first-order chi connectivity index (χ1) is 10.3. The van der Waals surface area contributed by atoms with Gasteiger partial charge in [0.25, 0.3) is 0 Å². The Morgan fingerprint density at radius 1 is 1.23 bits per heavy atom. The van der Waals surface area contributed by atoms with E-state index in [4.69, 9.17) is 23.2 Å². The van der Waals surface area contributed by atoms with Crippen LogP contribution in [0.25, 0.3) is 0 Å². The number of benzene rings is 1. The third kappa shape index (κ3) is 6.22. The third-order valence-electron chi connectivity index (χ3n) is 3.29. The average molecular weight is 346 g/mol. The lowest BCUT2D eigenvalue weighted by atomic mass is 10.1. The van der Waals surface area contributed by atoms with Crippen molar-refractivity contribution in [2.45, 2.75) is 19.9 Å². The second kappa shape index (κ2) is 8.98. The number of hydrogen-bond acceptors (Lipinski definition) is 3. The van der Waals surface area contributed by atoms with E-state index >= 15 is 0 Å². The van der Waals surface area contributed by atoms with Crippen molar-refractivity contribution in [1.82, 2.24) is 15.5 Å². The predicted molar refractivity (Wildman–Crippen MR) is 89.2 cm³/mol. The molecule has 0 saturated carbocycles. The molecule has 1 aromatic carbocycles. The first kappa shape index (κ1) is 18.7. The van der Waals surface area contributed by atoms with Crippen molar-refractivity contribution in [2.24, 2.45) is 0 Å². The molecule has 0 unspecified atom stereocenters. The molecular formula is C15H21Cl2N3O2. The summed E-state index contributed by atoms with van der Waals surface area (Å²) in [4.78, 5) is 24.5. The minimum absolute atomic E-state index is 0.0224. The topological polar surface area (TPSA) is 61.4 Å². The molecule has 0 saturated heterocycles. The van der Waals surface area contributed by atoms with E-state index in [2.05, 4.69) is 10.6 Å². The Balaban J connectivity index is 2.48. The fourth-order valence-electron chi connectivity index (χ4n) is 1.94. The zero-order chi connectivity index (χ0) is 16.7. The summed E-state index contributed by atoms with van der Waals surface area (Å²) in [5.41, 5.74) is 0.916. The molecule has 0 spiro atoms. The lowest BCUT2D eigenvalue weighted by Gasteiger charge is -2.25. The number of hydrogen-bond donors (Lipinski definition) is 2. The van der Waals surface area contributed by atoms with Gasteiger partial charge in [-0.3, -0.25) is 14.5 Å². The van der Waals surface area contributed by atoms with Gasteiger partial charge in [0.15, 0.2) is 0 Å². The standard InChI is InChI=1S/C15H21Cl2N3O2/c1-10(13-5-4-12(16)8-14(13)17)20(3)9-15(22)19-7-6-18-11(2)21/h4-5,8,10H,6-7,9H2,1-3H3,(H,18,21)(H,19,22)/t10-/m0/s1. The minimum Gasteiger partial charge on any atom is -0.355 e. The van der Waals surface area contributed by atoms with Crippen molar-refractivity contribution in [3.8, 4) is 0 Å². The molecular weight excluding hydrogens is 325 g/mol. The Morgan fingerprint density at radius 2 is 1.86 bits per heavy atom. The van der Waals surface area contributed by atoms with E-state index in [0.717, 1.165) is 5.56 Å². The highest BCUT2D eigenvalue weighted by atomic mass is 35.5. The van der Waals surface area contributed by atoms with Gasteiger partial charge in [-0.15, -0.1) is 0 Å². The Kier molecular flexibility index (Phi) is 7.65. The van der Waals surface area contributed by atoms with E-state index in [9.17, 15) is 9.59 Å². The fraction of sp³-hybridized carbons (Fsp3) is 0.467. The molecule has 22 heavy (non-hydrogen) atoms. The Bertz CT molecular complexity index is 538. The summed E-state index contributed by atoms with van der Waals surface area (Å²) in [6.07, 6.45) is 0. The van der Waals surface area contributed by atoms with Gasteiger partial charge in [-0.05, 0) is 31.7 Å². The van der Waals surface area contributed by atoms with Crippen molar-refractivity contribution in [3.05, 3.63) is 33.8 Å². The van der Waals surface area contributed by atoms with Crippen molar-refractivity contribution in [2.75, 3.05) is 26.7 Å². The Morgan fingerprint density at radius 3 is 2.45 bits per heavy atom. The largest absolute Gasteiger partial charge is 0.355 e. The summed E-state index contributed by atoms with van der Waals surface area (Å²) < 4.78 is 0. The molecule has 0 bridgehead atoms. The van der Waals surface area contributed by atoms with Gasteiger partial charge in [0.05, 0.1) is 6.54 Å². The van der Waals surface area contributed by atoms with Gasteiger partial charge >= 0.3 is 0 Å². The summed E-state index contributed by atoms with van der Waals surface area (Å²) in [5, 5.41) is 6.53. The summed E-state index contributed by atoms with van der Waals surface area (Å²) in [7, 11) is 1.85. The predicted octanol–water partition coefficient (Wildman–Crippen LogP) is 2.24. The van der Waals surface area contributed by atoms with Crippen LogP contribution in [0, 0.1) is 0 Å². The molecule has 1 aromatic rings. The molecule has 122 valence electrons. The van der Waals surface area contributed by atoms with Crippen LogP contribution in [0.3, 0.4) is 0 Å². The van der Waals surface area contributed by atoms with Crippen LogP contribution in [0.5, 0.6) is 0 Å². The number of nitrogens with zero attached hydrogens (tertiary/aromatic N) is 1. The highest BCUT2D eigenvalue weighted by Gasteiger charge is 2.17. The molecule has 7 heteroatoms. The van der Waals surface area contributed by atoms with Crippen LogP contribution in [0.2, 0.25) is 10.0 Å². The van der Waals surface area contributed by atoms with E-state index < -0.39 is 0 Å². The van der Waals surface area contributed by atoms with Crippen LogP contribution in [0.15, 0.2) is 18.2 Å². The van der Waals surface area contributed by atoms with Crippen LogP contribution in [-0.2, 0) is 9.59 Å². The monoisotopic (exact) mass is 345 g/mol. The number of halogens is 2. The quantitative estimate of drug-likeness (QED) is 0.745. The lowest BCUT2D eigenvalue weighted by Crippen LogP contribution is -2.39. The summed E-state index contributed by atoms with van der Waals surface area (Å²) in [6, 6.07) is 5.31. The zero-order valence-electron chi connectivity index (χ0n) is 13.0. The molecule has 2 amide bonds. The fourth-order valence-corrected chi connectivity index (χ4v) is 2.50. The maximum absolute atomic E-state index is 11.9. The zero-order valence-corrected chi connectivity index (χ0v) is 14.5. The summed E-state index contributed by atoms with van der Waals surface area (Å²) in [5.74, 6) is -0.220. The average Bonchev–Trinajstić information content (AvgIpc) is 2.42. The molecule has 1 rings (SSSR count). The Hall–Kier alpha value is -1.30. The van der Waals surface area contributed by atoms with Gasteiger partial charge in [-0.25, -0.2) is 0 Å². The van der Waals surface area contributed by atoms with Crippen LogP contribution < -0.4 is 10.6 Å². The first-order valence-electron chi connectivity index (χ1n) is 6.97. The van der Waals surface area contributed by atoms with Gasteiger partial charge in [-0.1, -0.05) is 29.3 Å². The third-order valence-corrected chi connectivity index (χ3v) is 3.85. The highest BCUT2D eigenvalue weighted by molar-refractivity contribution is 6.35. The first-order valence-corrected chi connectivity index (χ1v) is 7.73. The van der Waals surface area contributed by atoms with Crippen LogP contribution in [0.4, 0.5) is 0 Å². The normalized spacial score (nSPS) is 12.1. The van der Waals surface area contributed by atoms with E-state index in [1.165, 1.54) is 6.92 Å². The summed E-state index contributed by atoms with van der Waals surface area (Å²) in [6.45, 7) is 4.47. The van der Waals surface area contributed by atoms with Gasteiger partial charge in [0, 0.05) is 36.1 Å². The molecule has 0 aromatic heterocycles. The molecule has 2 N–H and O–H groups in total. The maximum Gasteiger partial charge on any atom is 0.234 e. The number of rotatable bonds is 7.